The second kappa shape index (κ2) is 9.29. The van der Waals surface area contributed by atoms with Crippen molar-refractivity contribution in [1.82, 2.24) is 0 Å². The van der Waals surface area contributed by atoms with Crippen molar-refractivity contribution in [3.8, 4) is 17.2 Å². The molecule has 2 aromatic rings. The fourth-order valence-corrected chi connectivity index (χ4v) is 2.53. The summed E-state index contributed by atoms with van der Waals surface area (Å²) in [6.45, 7) is 0.836. The van der Waals surface area contributed by atoms with Crippen LogP contribution in [0.2, 0.25) is 0 Å². The average Bonchev–Trinajstić information content (AvgIpc) is 2.62. The maximum atomic E-state index is 12.5. The van der Waals surface area contributed by atoms with Crippen LogP contribution in [0.1, 0.15) is 10.4 Å². The summed E-state index contributed by atoms with van der Waals surface area (Å²) in [6, 6.07) is 10.4. The number of ether oxygens (including phenoxy) is 4. The molecule has 25 heavy (non-hydrogen) atoms. The van der Waals surface area contributed by atoms with Crippen LogP contribution in [-0.4, -0.2) is 40.5 Å². The van der Waals surface area contributed by atoms with E-state index in [0.717, 1.165) is 0 Å². The number of methoxy groups -OCH3 is 3. The van der Waals surface area contributed by atoms with E-state index in [-0.39, 0.29) is 5.91 Å². The molecule has 7 heteroatoms. The maximum absolute atomic E-state index is 12.5. The predicted octanol–water partition coefficient (Wildman–Crippen LogP) is 3.74. The highest BCUT2D eigenvalue weighted by atomic mass is 79.9. The average molecular weight is 410 g/mol. The first kappa shape index (κ1) is 19.1. The summed E-state index contributed by atoms with van der Waals surface area (Å²) in [5.41, 5.74) is 1.06. The molecule has 1 N–H and O–H groups in total. The first-order valence-corrected chi connectivity index (χ1v) is 8.33. The van der Waals surface area contributed by atoms with Crippen LogP contribution in [0.5, 0.6) is 17.2 Å². The van der Waals surface area contributed by atoms with Crippen molar-refractivity contribution >= 4 is 27.5 Å². The van der Waals surface area contributed by atoms with Gasteiger partial charge in [-0.25, -0.2) is 0 Å². The molecule has 2 aromatic carbocycles. The summed E-state index contributed by atoms with van der Waals surface area (Å²) >= 11 is 3.38. The first-order valence-electron chi connectivity index (χ1n) is 7.53. The Labute approximate surface area is 155 Å². The standard InChI is InChI=1S/C18H20BrNO5/c1-22-8-9-25-17-10-12(4-7-16(17)24-3)20-18(21)14-11-13(23-2)5-6-15(14)19/h4-7,10-11H,8-9H2,1-3H3,(H,20,21). The van der Waals surface area contributed by atoms with Crippen LogP contribution in [0.15, 0.2) is 40.9 Å². The van der Waals surface area contributed by atoms with Gasteiger partial charge in [0.2, 0.25) is 0 Å². The van der Waals surface area contributed by atoms with E-state index >= 15 is 0 Å². The van der Waals surface area contributed by atoms with Gasteiger partial charge in [0.25, 0.3) is 5.91 Å². The molecule has 0 atom stereocenters. The highest BCUT2D eigenvalue weighted by Gasteiger charge is 2.13. The number of anilines is 1. The van der Waals surface area contributed by atoms with Crippen molar-refractivity contribution in [1.29, 1.82) is 0 Å². The van der Waals surface area contributed by atoms with E-state index in [1.165, 1.54) is 0 Å². The van der Waals surface area contributed by atoms with Crippen LogP contribution in [0, 0.1) is 0 Å². The number of nitrogens with one attached hydrogen (secondary N) is 1. The number of carbonyl (C=O) groups excluding carboxylic acids is 1. The Kier molecular flexibility index (Phi) is 7.09. The van der Waals surface area contributed by atoms with Crippen LogP contribution in [0.4, 0.5) is 5.69 Å². The number of amides is 1. The van der Waals surface area contributed by atoms with E-state index in [1.54, 1.807) is 57.7 Å². The number of hydrogen-bond acceptors (Lipinski definition) is 5. The van der Waals surface area contributed by atoms with Crippen LogP contribution >= 0.6 is 15.9 Å². The van der Waals surface area contributed by atoms with Gasteiger partial charge in [-0.1, -0.05) is 0 Å². The van der Waals surface area contributed by atoms with Crippen molar-refractivity contribution in [2.24, 2.45) is 0 Å². The molecular formula is C18H20BrNO5. The molecule has 6 nitrogen and oxygen atoms in total. The summed E-state index contributed by atoms with van der Waals surface area (Å²) in [7, 11) is 4.71. The van der Waals surface area contributed by atoms with Gasteiger partial charge in [0.1, 0.15) is 12.4 Å². The van der Waals surface area contributed by atoms with Crippen molar-refractivity contribution in [2.45, 2.75) is 0 Å². The number of rotatable bonds is 8. The molecule has 0 aliphatic carbocycles. The van der Waals surface area contributed by atoms with Gasteiger partial charge in [0, 0.05) is 23.3 Å². The first-order chi connectivity index (χ1) is 12.1. The van der Waals surface area contributed by atoms with Gasteiger partial charge in [0.05, 0.1) is 26.4 Å². The molecule has 1 amide bonds. The number of halogens is 1. The largest absolute Gasteiger partial charge is 0.497 e. The molecule has 134 valence electrons. The minimum absolute atomic E-state index is 0.265. The molecule has 2 rings (SSSR count). The molecule has 0 heterocycles. The summed E-state index contributed by atoms with van der Waals surface area (Å²) in [5, 5.41) is 2.84. The van der Waals surface area contributed by atoms with E-state index in [2.05, 4.69) is 21.2 Å². The third-order valence-electron chi connectivity index (χ3n) is 3.38. The minimum atomic E-state index is -0.265. The topological polar surface area (TPSA) is 66.0 Å². The zero-order valence-corrected chi connectivity index (χ0v) is 15.9. The van der Waals surface area contributed by atoms with Crippen molar-refractivity contribution in [3.63, 3.8) is 0 Å². The Balaban J connectivity index is 2.19. The minimum Gasteiger partial charge on any atom is -0.497 e. The van der Waals surface area contributed by atoms with Gasteiger partial charge in [-0.2, -0.15) is 0 Å². The van der Waals surface area contributed by atoms with Gasteiger partial charge in [-0.15, -0.1) is 0 Å². The van der Waals surface area contributed by atoms with Crippen molar-refractivity contribution in [3.05, 3.63) is 46.4 Å². The quantitative estimate of drug-likeness (QED) is 0.672. The lowest BCUT2D eigenvalue weighted by Crippen LogP contribution is -2.13. The molecule has 0 saturated carbocycles. The third-order valence-corrected chi connectivity index (χ3v) is 4.08. The molecule has 0 fully saturated rings. The zero-order chi connectivity index (χ0) is 18.2. The van der Waals surface area contributed by atoms with Crippen LogP contribution < -0.4 is 19.5 Å². The fourth-order valence-electron chi connectivity index (χ4n) is 2.11. The van der Waals surface area contributed by atoms with Crippen LogP contribution in [0.3, 0.4) is 0 Å². The maximum Gasteiger partial charge on any atom is 0.256 e. The molecule has 0 bridgehead atoms. The lowest BCUT2D eigenvalue weighted by Gasteiger charge is -2.13. The van der Waals surface area contributed by atoms with E-state index < -0.39 is 0 Å². The summed E-state index contributed by atoms with van der Waals surface area (Å²) < 4.78 is 21.7. The Morgan fingerprint density at radius 3 is 2.48 bits per heavy atom. The Hall–Kier alpha value is -2.25. The molecule has 0 saturated heterocycles. The molecular weight excluding hydrogens is 390 g/mol. The Bertz CT molecular complexity index is 735. The molecule has 0 aliphatic heterocycles. The van der Waals surface area contributed by atoms with Gasteiger partial charge >= 0.3 is 0 Å². The normalized spacial score (nSPS) is 10.2. The molecule has 0 unspecified atom stereocenters. The second-order valence-electron chi connectivity index (χ2n) is 5.01. The van der Waals surface area contributed by atoms with Gasteiger partial charge in [-0.05, 0) is 46.3 Å². The SMILES string of the molecule is COCCOc1cc(NC(=O)c2cc(OC)ccc2Br)ccc1OC. The van der Waals surface area contributed by atoms with E-state index in [1.807, 2.05) is 0 Å². The highest BCUT2D eigenvalue weighted by Crippen LogP contribution is 2.31. The van der Waals surface area contributed by atoms with E-state index in [4.69, 9.17) is 18.9 Å². The van der Waals surface area contributed by atoms with Gasteiger partial charge < -0.3 is 24.3 Å². The van der Waals surface area contributed by atoms with E-state index in [0.29, 0.717) is 46.2 Å². The highest BCUT2D eigenvalue weighted by molar-refractivity contribution is 9.10. The van der Waals surface area contributed by atoms with Gasteiger partial charge in [0.15, 0.2) is 11.5 Å². The summed E-state index contributed by atoms with van der Waals surface area (Å²) in [5.74, 6) is 1.45. The van der Waals surface area contributed by atoms with Crippen molar-refractivity contribution < 1.29 is 23.7 Å². The van der Waals surface area contributed by atoms with Crippen molar-refractivity contribution in [2.75, 3.05) is 39.9 Å². The zero-order valence-electron chi connectivity index (χ0n) is 14.3. The van der Waals surface area contributed by atoms with Crippen LogP contribution in [0.25, 0.3) is 0 Å². The van der Waals surface area contributed by atoms with Gasteiger partial charge in [-0.3, -0.25) is 4.79 Å². The number of hydrogen-bond donors (Lipinski definition) is 1. The van der Waals surface area contributed by atoms with E-state index in [9.17, 15) is 4.79 Å². The molecule has 0 spiro atoms. The summed E-state index contributed by atoms with van der Waals surface area (Å²) in [4.78, 5) is 12.5. The predicted molar refractivity (Wildman–Crippen MR) is 99.0 cm³/mol. The lowest BCUT2D eigenvalue weighted by atomic mass is 10.2. The molecule has 0 aliphatic rings. The molecule has 0 aromatic heterocycles. The Morgan fingerprint density at radius 2 is 1.80 bits per heavy atom. The number of benzene rings is 2. The monoisotopic (exact) mass is 409 g/mol. The number of carbonyl (C=O) groups is 1. The fraction of sp³-hybridized carbons (Fsp3) is 0.278. The Morgan fingerprint density at radius 1 is 1.00 bits per heavy atom. The molecule has 0 radical (unpaired) electrons. The second-order valence-corrected chi connectivity index (χ2v) is 5.86. The van der Waals surface area contributed by atoms with Crippen LogP contribution in [-0.2, 0) is 4.74 Å². The lowest BCUT2D eigenvalue weighted by molar-refractivity contribution is 0.102. The smallest absolute Gasteiger partial charge is 0.256 e. The third kappa shape index (κ3) is 5.11. The summed E-state index contributed by atoms with van der Waals surface area (Å²) in [6.07, 6.45) is 0.